The first-order valence-corrected chi connectivity index (χ1v) is 5.34. The van der Waals surface area contributed by atoms with Gasteiger partial charge in [-0.05, 0) is 19.9 Å². The molecular formula is C10H15N5O2. The molecule has 1 atom stereocenters. The Bertz CT molecular complexity index is 463. The summed E-state index contributed by atoms with van der Waals surface area (Å²) in [6.07, 6.45) is 1.61. The van der Waals surface area contributed by atoms with E-state index in [1.165, 1.54) is 0 Å². The van der Waals surface area contributed by atoms with Crippen LogP contribution in [0.1, 0.15) is 19.7 Å². The summed E-state index contributed by atoms with van der Waals surface area (Å²) in [6.45, 7) is 4.64. The highest BCUT2D eigenvalue weighted by Crippen LogP contribution is 2.19. The maximum atomic E-state index is 6.06. The molecule has 7 heteroatoms. The van der Waals surface area contributed by atoms with Crippen molar-refractivity contribution < 1.29 is 9.26 Å². The van der Waals surface area contributed by atoms with Gasteiger partial charge >= 0.3 is 0 Å². The number of hydrogen-bond acceptors (Lipinski definition) is 6. The van der Waals surface area contributed by atoms with Crippen LogP contribution in [0.5, 0.6) is 0 Å². The van der Waals surface area contributed by atoms with Gasteiger partial charge in [-0.15, -0.1) is 0 Å². The van der Waals surface area contributed by atoms with Gasteiger partial charge in [0, 0.05) is 12.8 Å². The molecule has 17 heavy (non-hydrogen) atoms. The van der Waals surface area contributed by atoms with Gasteiger partial charge < -0.3 is 15.0 Å². The summed E-state index contributed by atoms with van der Waals surface area (Å²) in [6, 6.07) is 1.74. The summed E-state index contributed by atoms with van der Waals surface area (Å²) < 4.78 is 10.4. The van der Waals surface area contributed by atoms with Crippen LogP contribution < -0.4 is 5.73 Å². The zero-order valence-corrected chi connectivity index (χ0v) is 9.80. The second-order valence-corrected chi connectivity index (χ2v) is 3.95. The van der Waals surface area contributed by atoms with E-state index in [4.69, 9.17) is 15.0 Å². The van der Waals surface area contributed by atoms with Gasteiger partial charge in [0.25, 0.3) is 5.89 Å². The van der Waals surface area contributed by atoms with E-state index in [-0.39, 0.29) is 0 Å². The fourth-order valence-electron chi connectivity index (χ4n) is 1.32. The molecule has 0 aliphatic carbocycles. The van der Waals surface area contributed by atoms with Crippen molar-refractivity contribution >= 4 is 0 Å². The highest BCUT2D eigenvalue weighted by molar-refractivity contribution is 5.44. The Kier molecular flexibility index (Phi) is 3.21. The third kappa shape index (κ3) is 2.51. The Balaban J connectivity index is 2.18. The molecule has 0 aliphatic heterocycles. The molecule has 0 spiro atoms. The van der Waals surface area contributed by atoms with E-state index in [0.29, 0.717) is 30.6 Å². The van der Waals surface area contributed by atoms with E-state index in [9.17, 15) is 0 Å². The van der Waals surface area contributed by atoms with Crippen molar-refractivity contribution in [2.45, 2.75) is 19.4 Å². The predicted molar refractivity (Wildman–Crippen MR) is 59.9 cm³/mol. The van der Waals surface area contributed by atoms with E-state index in [0.717, 1.165) is 0 Å². The zero-order valence-electron chi connectivity index (χ0n) is 9.80. The lowest BCUT2D eigenvalue weighted by Gasteiger charge is -2.19. The number of H-pyrrole nitrogens is 1. The summed E-state index contributed by atoms with van der Waals surface area (Å²) in [5, 5.41) is 10.4. The average molecular weight is 237 g/mol. The van der Waals surface area contributed by atoms with Crippen LogP contribution in [0.2, 0.25) is 0 Å². The first-order chi connectivity index (χ1) is 8.13. The number of ether oxygens (including phenoxy) is 1. The van der Waals surface area contributed by atoms with Gasteiger partial charge in [-0.3, -0.25) is 5.10 Å². The molecular weight excluding hydrogens is 222 g/mol. The van der Waals surface area contributed by atoms with Gasteiger partial charge in [0.15, 0.2) is 5.82 Å². The van der Waals surface area contributed by atoms with Crippen LogP contribution in [0.15, 0.2) is 16.8 Å². The molecule has 0 saturated carbocycles. The fourth-order valence-corrected chi connectivity index (χ4v) is 1.32. The zero-order chi connectivity index (χ0) is 12.3. The summed E-state index contributed by atoms with van der Waals surface area (Å²) in [4.78, 5) is 4.22. The maximum absolute atomic E-state index is 6.06. The summed E-state index contributed by atoms with van der Waals surface area (Å²) in [7, 11) is 0. The first kappa shape index (κ1) is 11.7. The lowest BCUT2D eigenvalue weighted by Crippen LogP contribution is -2.39. The van der Waals surface area contributed by atoms with Crippen molar-refractivity contribution in [1.29, 1.82) is 0 Å². The van der Waals surface area contributed by atoms with Crippen LogP contribution in [0.3, 0.4) is 0 Å². The highest BCUT2D eigenvalue weighted by Gasteiger charge is 2.28. The molecule has 0 bridgehead atoms. The lowest BCUT2D eigenvalue weighted by atomic mass is 10.1. The van der Waals surface area contributed by atoms with Crippen LogP contribution >= 0.6 is 0 Å². The van der Waals surface area contributed by atoms with Gasteiger partial charge in [-0.25, -0.2) is 0 Å². The quantitative estimate of drug-likeness (QED) is 0.792. The van der Waals surface area contributed by atoms with Gasteiger partial charge in [-0.1, -0.05) is 5.16 Å². The van der Waals surface area contributed by atoms with Crippen molar-refractivity contribution in [3.63, 3.8) is 0 Å². The Morgan fingerprint density at radius 3 is 3.06 bits per heavy atom. The Morgan fingerprint density at radius 1 is 1.59 bits per heavy atom. The smallest absolute Gasteiger partial charge is 0.275 e. The predicted octanol–water partition coefficient (Wildman–Crippen LogP) is 0.670. The van der Waals surface area contributed by atoms with Crippen LogP contribution in [-0.4, -0.2) is 33.6 Å². The number of aromatic nitrogens is 4. The van der Waals surface area contributed by atoms with Gasteiger partial charge in [0.2, 0.25) is 0 Å². The second-order valence-electron chi connectivity index (χ2n) is 3.95. The minimum atomic E-state index is -0.766. The largest absolute Gasteiger partial charge is 0.379 e. The van der Waals surface area contributed by atoms with Crippen molar-refractivity contribution in [3.8, 4) is 11.6 Å². The van der Waals surface area contributed by atoms with Crippen LogP contribution in [-0.2, 0) is 10.3 Å². The summed E-state index contributed by atoms with van der Waals surface area (Å²) in [5.41, 5.74) is 5.95. The minimum Gasteiger partial charge on any atom is -0.379 e. The van der Waals surface area contributed by atoms with Crippen molar-refractivity contribution in [2.75, 3.05) is 13.2 Å². The molecule has 2 rings (SSSR count). The molecule has 2 aromatic rings. The third-order valence-electron chi connectivity index (χ3n) is 2.27. The number of nitrogens with zero attached hydrogens (tertiary/aromatic N) is 3. The summed E-state index contributed by atoms with van der Waals surface area (Å²) >= 11 is 0. The molecule has 2 aromatic heterocycles. The average Bonchev–Trinajstić information content (AvgIpc) is 2.95. The van der Waals surface area contributed by atoms with Crippen molar-refractivity contribution in [2.24, 2.45) is 5.73 Å². The van der Waals surface area contributed by atoms with E-state index < -0.39 is 5.54 Å². The van der Waals surface area contributed by atoms with Gasteiger partial charge in [-0.2, -0.15) is 10.1 Å². The molecule has 0 saturated heterocycles. The third-order valence-corrected chi connectivity index (χ3v) is 2.27. The summed E-state index contributed by atoms with van der Waals surface area (Å²) in [5.74, 6) is 0.779. The first-order valence-electron chi connectivity index (χ1n) is 5.34. The molecule has 3 N–H and O–H groups in total. The minimum absolute atomic E-state index is 0.339. The molecule has 0 amide bonds. The fraction of sp³-hybridized carbons (Fsp3) is 0.500. The molecule has 1 unspecified atom stereocenters. The number of hydrogen-bond donors (Lipinski definition) is 2. The van der Waals surface area contributed by atoms with Crippen LogP contribution in [0.25, 0.3) is 11.6 Å². The molecule has 0 radical (unpaired) electrons. The van der Waals surface area contributed by atoms with Crippen molar-refractivity contribution in [3.05, 3.63) is 18.1 Å². The van der Waals surface area contributed by atoms with E-state index >= 15 is 0 Å². The Morgan fingerprint density at radius 2 is 2.41 bits per heavy atom. The highest BCUT2D eigenvalue weighted by atomic mass is 16.5. The topological polar surface area (TPSA) is 103 Å². The van der Waals surface area contributed by atoms with Crippen molar-refractivity contribution in [1.82, 2.24) is 20.3 Å². The Labute approximate surface area is 98.3 Å². The van der Waals surface area contributed by atoms with Crippen LogP contribution in [0.4, 0.5) is 0 Å². The molecule has 0 aliphatic rings. The SMILES string of the molecule is CCOCC(C)(N)c1noc(-c2ccn[nH]2)n1. The molecule has 7 nitrogen and oxygen atoms in total. The number of aromatic amines is 1. The second kappa shape index (κ2) is 4.64. The number of nitrogens with two attached hydrogens (primary N) is 1. The molecule has 0 aromatic carbocycles. The molecule has 2 heterocycles. The van der Waals surface area contributed by atoms with E-state index in [2.05, 4.69) is 20.3 Å². The van der Waals surface area contributed by atoms with E-state index in [1.807, 2.05) is 6.92 Å². The molecule has 92 valence electrons. The Hall–Kier alpha value is -1.73. The maximum Gasteiger partial charge on any atom is 0.275 e. The van der Waals surface area contributed by atoms with E-state index in [1.54, 1.807) is 19.2 Å². The standard InChI is InChI=1S/C10H15N5O2/c1-3-16-6-10(2,11)9-13-8(17-15-9)7-4-5-12-14-7/h4-5H,3,6,11H2,1-2H3,(H,12,14). The monoisotopic (exact) mass is 237 g/mol. The lowest BCUT2D eigenvalue weighted by molar-refractivity contribution is 0.0962. The normalized spacial score (nSPS) is 14.8. The van der Waals surface area contributed by atoms with Crippen LogP contribution in [0, 0.1) is 0 Å². The van der Waals surface area contributed by atoms with Gasteiger partial charge in [0.05, 0.1) is 6.61 Å². The van der Waals surface area contributed by atoms with Gasteiger partial charge in [0.1, 0.15) is 11.2 Å². The number of nitrogens with one attached hydrogen (secondary N) is 1. The molecule has 0 fully saturated rings. The number of rotatable bonds is 5.